The number of para-hydroxylation sites is 4. The van der Waals surface area contributed by atoms with Crippen LogP contribution in [0.15, 0.2) is 212 Å². The van der Waals surface area contributed by atoms with E-state index in [0.717, 1.165) is 77.9 Å². The van der Waals surface area contributed by atoms with E-state index in [1.54, 1.807) is 12.3 Å². The molecule has 0 N–H and O–H groups in total. The summed E-state index contributed by atoms with van der Waals surface area (Å²) in [6.45, 7) is 12.6. The van der Waals surface area contributed by atoms with Gasteiger partial charge in [-0.05, 0) is 89.0 Å². The maximum Gasteiger partial charge on any atom is 0.135 e. The van der Waals surface area contributed by atoms with Crippen LogP contribution in [0, 0.1) is 25.7 Å². The molecule has 0 spiro atoms. The van der Waals surface area contributed by atoms with Crippen molar-refractivity contribution in [2.24, 2.45) is 0 Å². The number of pyridine rings is 1. The van der Waals surface area contributed by atoms with Crippen molar-refractivity contribution in [1.29, 1.82) is 0 Å². The van der Waals surface area contributed by atoms with E-state index in [2.05, 4.69) is 137 Å². The molecule has 0 saturated carbocycles. The van der Waals surface area contributed by atoms with Crippen molar-refractivity contribution in [1.82, 2.24) is 9.55 Å². The van der Waals surface area contributed by atoms with Crippen molar-refractivity contribution in [2.45, 2.75) is 59.2 Å². The summed E-state index contributed by atoms with van der Waals surface area (Å²) in [5, 5.41) is 1.72. The fourth-order valence-corrected chi connectivity index (χ4v) is 10.2. The van der Waals surface area contributed by atoms with Gasteiger partial charge in [-0.15, -0.1) is 48.2 Å². The number of fused-ring (bicyclic) bond motifs is 4. The topological polar surface area (TPSA) is 33.5 Å². The van der Waals surface area contributed by atoms with Crippen LogP contribution in [0.5, 0.6) is 11.5 Å². The smallest absolute Gasteiger partial charge is 0.135 e. The molecule has 0 unspecified atom stereocenters. The molecule has 0 amide bonds. The van der Waals surface area contributed by atoms with Gasteiger partial charge in [-0.2, -0.15) is 6.04 Å². The summed E-state index contributed by atoms with van der Waals surface area (Å²) in [7, 11) is 0. The number of rotatable bonds is 9. The van der Waals surface area contributed by atoms with E-state index in [9.17, 15) is 4.11 Å². The Balaban J connectivity index is 0.00000690. The predicted molar refractivity (Wildman–Crippen MR) is 308 cm³/mol. The minimum atomic E-state index is -2.48. The first-order chi connectivity index (χ1) is 38.3. The summed E-state index contributed by atoms with van der Waals surface area (Å²) in [5.74, 6) is 0.516. The molecule has 0 aliphatic carbocycles. The largest absolute Gasteiger partial charge is 0.509 e. The maximum atomic E-state index is 9.51. The van der Waals surface area contributed by atoms with E-state index < -0.39 is 6.85 Å². The van der Waals surface area contributed by atoms with Crippen molar-refractivity contribution >= 4 is 44.6 Å². The molecule has 1 aliphatic rings. The molecule has 0 atom stereocenters. The van der Waals surface area contributed by atoms with E-state index in [0.29, 0.717) is 16.9 Å². The fraction of sp³-hybridized carbons (Fsp3) is 0.130. The monoisotopic (exact) mass is 1160 g/mol. The fourth-order valence-electron chi connectivity index (χ4n) is 10.2. The van der Waals surface area contributed by atoms with Crippen molar-refractivity contribution in [2.75, 3.05) is 9.80 Å². The zero-order valence-corrected chi connectivity index (χ0v) is 44.8. The minimum Gasteiger partial charge on any atom is -0.509 e. The number of nitrogens with zero attached hydrogens (tertiary/aromatic N) is 4. The predicted octanol–water partition coefficient (Wildman–Crippen LogP) is 18.5. The molecule has 9 aromatic carbocycles. The number of aryl methyl sites for hydroxylation is 1. The van der Waals surface area contributed by atoms with Crippen LogP contribution in [0.1, 0.15) is 66.5 Å². The third-order valence-electron chi connectivity index (χ3n) is 14.0. The van der Waals surface area contributed by atoms with E-state index >= 15 is 0 Å². The second-order valence-corrected chi connectivity index (χ2v) is 20.9. The molecule has 0 bridgehead atoms. The van der Waals surface area contributed by atoms with Crippen LogP contribution in [0.2, 0.25) is 0 Å². The number of benzene rings is 9. The minimum absolute atomic E-state index is 0. The first-order valence-electron chi connectivity index (χ1n) is 28.0. The van der Waals surface area contributed by atoms with Crippen molar-refractivity contribution in [3.05, 3.63) is 248 Å². The number of hydrogen-bond donors (Lipinski definition) is 0. The van der Waals surface area contributed by atoms with Crippen LogP contribution in [0.25, 0.3) is 72.1 Å². The third kappa shape index (κ3) is 9.25. The molecule has 0 saturated heterocycles. The zero-order valence-electron chi connectivity index (χ0n) is 48.6. The van der Waals surface area contributed by atoms with E-state index in [1.807, 2.05) is 119 Å². The van der Waals surface area contributed by atoms with Crippen LogP contribution in [0.3, 0.4) is 0 Å². The molecule has 12 rings (SSSR count). The average molecular weight is 1160 g/mol. The van der Waals surface area contributed by atoms with E-state index in [4.69, 9.17) is 13.8 Å². The first kappa shape index (κ1) is 42.4. The Hall–Kier alpha value is -7.98. The maximum absolute atomic E-state index is 9.51. The molecule has 5 nitrogen and oxygen atoms in total. The molecule has 1 aliphatic heterocycles. The van der Waals surface area contributed by atoms with E-state index in [1.165, 1.54) is 5.56 Å². The van der Waals surface area contributed by atoms with Gasteiger partial charge in [-0.1, -0.05) is 210 Å². The van der Waals surface area contributed by atoms with Gasteiger partial charge in [-0.3, -0.25) is 0 Å². The molecule has 2 aromatic heterocycles. The molecule has 6 heteroatoms. The van der Waals surface area contributed by atoms with Gasteiger partial charge in [0.05, 0.1) is 0 Å². The molecule has 11 aromatic rings. The summed E-state index contributed by atoms with van der Waals surface area (Å²) in [5.41, 5.74) is 13.5. The third-order valence-corrected chi connectivity index (χ3v) is 14.0. The number of ether oxygens (including phenoxy) is 1. The standard InChI is InChI=1S/C69H57N4O.Pt/c1-46-40-65(70-44-60(46)48-22-12-9-13-23-48)73-61-29-15-14-26-58(61)66-59(50-34-38-52(39-35-50)69(5,6)7)42-55(43-64(66)73)74-54-25-18-24-53(41-54)71-45-72(63-31-17-16-30-62(63)71)67-56(47-20-10-8-11-21-47)27-19-28-57(67)49-32-36-51(37-33-49)68(2,3)4;/h8-40,42,44-45H,1-7H3;/q-3;/i1D3,18D,24D,25D;. The summed E-state index contributed by atoms with van der Waals surface area (Å²) in [4.78, 5) is 8.98. The second kappa shape index (κ2) is 19.7. The second-order valence-electron chi connectivity index (χ2n) is 20.9. The Morgan fingerprint density at radius 1 is 0.547 bits per heavy atom. The van der Waals surface area contributed by atoms with E-state index in [-0.39, 0.29) is 72.8 Å². The molecular weight excluding hydrogens is 1100 g/mol. The van der Waals surface area contributed by atoms with Gasteiger partial charge in [0, 0.05) is 83.5 Å². The first-order valence-corrected chi connectivity index (χ1v) is 25.0. The molecule has 75 heavy (non-hydrogen) atoms. The SMILES string of the molecule is [2H]c1c(Oc2[c-]c3c(c(-c4ccc(C(C)(C)C)cc4)c2)c2ccccc2n3-c2cc(C([2H])([2H])[2H])c(-c3ccccc3)cn2)[c-]c(N2[CH-]N(c3c(-c4ccccc4)cccc3-c3ccc(C(C)(C)C)cc3)c3ccccc32)c([2H])c1[2H].[Pt]. The quantitative estimate of drug-likeness (QED) is 0.135. The van der Waals surface area contributed by atoms with Gasteiger partial charge >= 0.3 is 0 Å². The van der Waals surface area contributed by atoms with Crippen molar-refractivity contribution in [3.63, 3.8) is 0 Å². The summed E-state index contributed by atoms with van der Waals surface area (Å²) >= 11 is 0. The summed E-state index contributed by atoms with van der Waals surface area (Å²) in [6.07, 6.45) is 1.63. The molecule has 3 heterocycles. The van der Waals surface area contributed by atoms with Gasteiger partial charge in [0.25, 0.3) is 0 Å². The number of aromatic nitrogens is 2. The Labute approximate surface area is 464 Å². The van der Waals surface area contributed by atoms with Crippen molar-refractivity contribution < 1.29 is 34.0 Å². The Morgan fingerprint density at radius 3 is 1.73 bits per heavy atom. The molecule has 372 valence electrons. The number of anilines is 4. The van der Waals surface area contributed by atoms with Crippen molar-refractivity contribution in [3.8, 4) is 61.8 Å². The van der Waals surface area contributed by atoms with Gasteiger partial charge in [-0.25, -0.2) is 4.98 Å². The van der Waals surface area contributed by atoms with Crippen LogP contribution < -0.4 is 14.5 Å². The van der Waals surface area contributed by atoms with Crippen LogP contribution >= 0.6 is 0 Å². The van der Waals surface area contributed by atoms with Gasteiger partial charge < -0.3 is 19.1 Å². The Bertz CT molecular complexity index is 4170. The number of hydrogen-bond acceptors (Lipinski definition) is 4. The molecule has 0 fully saturated rings. The van der Waals surface area contributed by atoms with Gasteiger partial charge in [0.2, 0.25) is 0 Å². The van der Waals surface area contributed by atoms with Crippen LogP contribution in [-0.4, -0.2) is 9.55 Å². The summed E-state index contributed by atoms with van der Waals surface area (Å²) < 4.78 is 63.2. The molecular formula is C69H57N4OPt-3. The normalized spacial score (nSPS) is 13.8. The average Bonchev–Trinajstić information content (AvgIpc) is 4.26. The molecule has 0 radical (unpaired) electrons. The van der Waals surface area contributed by atoms with Gasteiger partial charge in [0.1, 0.15) is 5.82 Å². The zero-order chi connectivity index (χ0) is 55.8. The summed E-state index contributed by atoms with van der Waals surface area (Å²) in [6, 6.07) is 68.7. The Kier molecular flexibility index (Phi) is 11.1. The van der Waals surface area contributed by atoms with Crippen LogP contribution in [-0.2, 0) is 31.9 Å². The Morgan fingerprint density at radius 2 is 1.11 bits per heavy atom. The van der Waals surface area contributed by atoms with Gasteiger partial charge in [0.15, 0.2) is 0 Å². The van der Waals surface area contributed by atoms with Crippen LogP contribution in [0.4, 0.5) is 22.7 Å².